The zero-order valence-electron chi connectivity index (χ0n) is 12.5. The van der Waals surface area contributed by atoms with Gasteiger partial charge in [-0.25, -0.2) is 0 Å². The van der Waals surface area contributed by atoms with Crippen molar-refractivity contribution in [3.8, 4) is 0 Å². The van der Waals surface area contributed by atoms with E-state index in [0.29, 0.717) is 0 Å². The first-order chi connectivity index (χ1) is 9.90. The van der Waals surface area contributed by atoms with E-state index in [2.05, 4.69) is 75.0 Å². The predicted octanol–water partition coefficient (Wildman–Crippen LogP) is 3.33. The summed E-state index contributed by atoms with van der Waals surface area (Å²) in [5, 5.41) is 4.43. The van der Waals surface area contributed by atoms with Crippen LogP contribution in [-0.2, 0) is 6.54 Å². The van der Waals surface area contributed by atoms with Gasteiger partial charge in [0.2, 0.25) is 0 Å². The van der Waals surface area contributed by atoms with E-state index in [4.69, 9.17) is 5.73 Å². The van der Waals surface area contributed by atoms with Crippen LogP contribution in [0.4, 0.5) is 0 Å². The number of benzene rings is 1. The molecule has 1 atom stereocenters. The Balaban J connectivity index is 2.36. The van der Waals surface area contributed by atoms with Crippen LogP contribution in [0.5, 0.6) is 0 Å². The molecule has 0 spiro atoms. The van der Waals surface area contributed by atoms with E-state index in [-0.39, 0.29) is 6.04 Å². The van der Waals surface area contributed by atoms with E-state index < -0.39 is 0 Å². The molecule has 1 aromatic heterocycles. The minimum atomic E-state index is -0.224. The third-order valence-electron chi connectivity index (χ3n) is 3.37. The summed E-state index contributed by atoms with van der Waals surface area (Å²) in [4.78, 5) is 2.13. The molecule has 21 heavy (non-hydrogen) atoms. The SMILES string of the molecule is Cc1ccc(Br)c(C(N)c2c(Br)cnn2CCN(C)C)c1. The van der Waals surface area contributed by atoms with Crippen LogP contribution in [0.15, 0.2) is 33.3 Å². The summed E-state index contributed by atoms with van der Waals surface area (Å²) < 4.78 is 3.94. The molecule has 0 aliphatic rings. The number of hydrogen-bond donors (Lipinski definition) is 1. The highest BCUT2D eigenvalue weighted by Gasteiger charge is 2.20. The molecule has 0 aliphatic heterocycles. The molecule has 114 valence electrons. The maximum absolute atomic E-state index is 6.50. The Bertz CT molecular complexity index is 622. The van der Waals surface area contributed by atoms with Crippen molar-refractivity contribution in [2.75, 3.05) is 20.6 Å². The average molecular weight is 416 g/mol. The van der Waals surface area contributed by atoms with E-state index in [1.54, 1.807) is 0 Å². The zero-order chi connectivity index (χ0) is 15.6. The molecule has 2 aromatic rings. The first-order valence-corrected chi connectivity index (χ1v) is 8.36. The smallest absolute Gasteiger partial charge is 0.0745 e. The lowest BCUT2D eigenvalue weighted by Gasteiger charge is -2.18. The highest BCUT2D eigenvalue weighted by molar-refractivity contribution is 9.10. The molecule has 1 heterocycles. The van der Waals surface area contributed by atoms with Crippen molar-refractivity contribution in [3.63, 3.8) is 0 Å². The molecule has 1 aromatic carbocycles. The van der Waals surface area contributed by atoms with Gasteiger partial charge in [0.1, 0.15) is 0 Å². The van der Waals surface area contributed by atoms with Crippen LogP contribution in [0.25, 0.3) is 0 Å². The maximum atomic E-state index is 6.50. The van der Waals surface area contributed by atoms with E-state index >= 15 is 0 Å². The van der Waals surface area contributed by atoms with E-state index in [1.165, 1.54) is 5.56 Å². The number of likely N-dealkylation sites (N-methyl/N-ethyl adjacent to an activating group) is 1. The lowest BCUT2D eigenvalue weighted by Crippen LogP contribution is -2.23. The van der Waals surface area contributed by atoms with Crippen molar-refractivity contribution in [2.24, 2.45) is 5.73 Å². The molecule has 0 fully saturated rings. The first kappa shape index (κ1) is 16.7. The van der Waals surface area contributed by atoms with E-state index in [1.807, 2.05) is 16.9 Å². The van der Waals surface area contributed by atoms with Crippen LogP contribution in [0.3, 0.4) is 0 Å². The van der Waals surface area contributed by atoms with E-state index in [9.17, 15) is 0 Å². The van der Waals surface area contributed by atoms with Gasteiger partial charge in [-0.1, -0.05) is 33.6 Å². The molecule has 0 aliphatic carbocycles. The minimum absolute atomic E-state index is 0.224. The number of aromatic nitrogens is 2. The molecular formula is C15H20Br2N4. The Morgan fingerprint density at radius 2 is 2.00 bits per heavy atom. The number of hydrogen-bond acceptors (Lipinski definition) is 3. The second-order valence-electron chi connectivity index (χ2n) is 5.41. The summed E-state index contributed by atoms with van der Waals surface area (Å²) in [6, 6.07) is 6.00. The van der Waals surface area contributed by atoms with Crippen molar-refractivity contribution in [3.05, 3.63) is 50.2 Å². The zero-order valence-corrected chi connectivity index (χ0v) is 15.6. The van der Waals surface area contributed by atoms with Gasteiger partial charge < -0.3 is 10.6 Å². The summed E-state index contributed by atoms with van der Waals surface area (Å²) in [6.07, 6.45) is 1.81. The van der Waals surface area contributed by atoms with Crippen LogP contribution in [0.2, 0.25) is 0 Å². The van der Waals surface area contributed by atoms with Gasteiger partial charge in [0.25, 0.3) is 0 Å². The lowest BCUT2D eigenvalue weighted by molar-refractivity contribution is 0.368. The first-order valence-electron chi connectivity index (χ1n) is 6.77. The van der Waals surface area contributed by atoms with Gasteiger partial charge in [-0.3, -0.25) is 4.68 Å². The highest BCUT2D eigenvalue weighted by atomic mass is 79.9. The topological polar surface area (TPSA) is 47.1 Å². The number of aryl methyl sites for hydroxylation is 1. The Labute approximate surface area is 142 Å². The highest BCUT2D eigenvalue weighted by Crippen LogP contribution is 2.31. The fraction of sp³-hybridized carbons (Fsp3) is 0.400. The Kier molecular flexibility index (Phi) is 5.60. The van der Waals surface area contributed by atoms with Crippen LogP contribution in [-0.4, -0.2) is 35.3 Å². The second-order valence-corrected chi connectivity index (χ2v) is 7.12. The Morgan fingerprint density at radius 1 is 1.29 bits per heavy atom. The maximum Gasteiger partial charge on any atom is 0.0745 e. The van der Waals surface area contributed by atoms with Gasteiger partial charge in [-0.2, -0.15) is 5.10 Å². The molecule has 2 rings (SSSR count). The number of nitrogens with zero attached hydrogens (tertiary/aromatic N) is 3. The molecular weight excluding hydrogens is 396 g/mol. The lowest BCUT2D eigenvalue weighted by atomic mass is 10.0. The number of rotatable bonds is 5. The van der Waals surface area contributed by atoms with Gasteiger partial charge in [-0.05, 0) is 48.6 Å². The summed E-state index contributed by atoms with van der Waals surface area (Å²) in [5.74, 6) is 0. The van der Waals surface area contributed by atoms with Crippen molar-refractivity contribution in [1.82, 2.24) is 14.7 Å². The predicted molar refractivity (Wildman–Crippen MR) is 93.4 cm³/mol. The van der Waals surface area contributed by atoms with Crippen LogP contribution in [0, 0.1) is 6.92 Å². The van der Waals surface area contributed by atoms with Crippen LogP contribution < -0.4 is 5.73 Å². The number of nitrogens with two attached hydrogens (primary N) is 1. The van der Waals surface area contributed by atoms with E-state index in [0.717, 1.165) is 33.3 Å². The van der Waals surface area contributed by atoms with Crippen molar-refractivity contribution >= 4 is 31.9 Å². The molecule has 2 N–H and O–H groups in total. The largest absolute Gasteiger partial charge is 0.319 e. The molecule has 4 nitrogen and oxygen atoms in total. The van der Waals surface area contributed by atoms with Crippen molar-refractivity contribution in [1.29, 1.82) is 0 Å². The fourth-order valence-electron chi connectivity index (χ4n) is 2.20. The molecule has 0 saturated heterocycles. The Morgan fingerprint density at radius 3 is 2.67 bits per heavy atom. The summed E-state index contributed by atoms with van der Waals surface area (Å²) in [6.45, 7) is 3.80. The normalized spacial score (nSPS) is 12.9. The molecule has 0 bridgehead atoms. The molecule has 0 radical (unpaired) electrons. The third-order valence-corrected chi connectivity index (χ3v) is 4.71. The monoisotopic (exact) mass is 414 g/mol. The quantitative estimate of drug-likeness (QED) is 0.814. The standard InChI is InChI=1S/C15H20Br2N4/c1-10-4-5-12(16)11(8-10)14(18)15-13(17)9-19-21(15)7-6-20(2)3/h4-5,8-9,14H,6-7,18H2,1-3H3. The third kappa shape index (κ3) is 3.94. The van der Waals surface area contributed by atoms with Crippen LogP contribution in [0.1, 0.15) is 22.9 Å². The van der Waals surface area contributed by atoms with Gasteiger partial charge in [0.05, 0.1) is 29.0 Å². The van der Waals surface area contributed by atoms with Crippen molar-refractivity contribution < 1.29 is 0 Å². The molecule has 0 saturated carbocycles. The summed E-state index contributed by atoms with van der Waals surface area (Å²) >= 11 is 7.17. The summed E-state index contributed by atoms with van der Waals surface area (Å²) in [5.41, 5.74) is 9.77. The van der Waals surface area contributed by atoms with Gasteiger partial charge in [0.15, 0.2) is 0 Å². The minimum Gasteiger partial charge on any atom is -0.319 e. The van der Waals surface area contributed by atoms with Crippen molar-refractivity contribution in [2.45, 2.75) is 19.5 Å². The fourth-order valence-corrected chi connectivity index (χ4v) is 3.24. The van der Waals surface area contributed by atoms with Gasteiger partial charge in [-0.15, -0.1) is 0 Å². The summed E-state index contributed by atoms with van der Waals surface area (Å²) in [7, 11) is 4.10. The molecule has 0 amide bonds. The molecule has 6 heteroatoms. The Hall–Kier alpha value is -0.690. The number of halogens is 2. The van der Waals surface area contributed by atoms with Gasteiger partial charge in [0, 0.05) is 11.0 Å². The van der Waals surface area contributed by atoms with Crippen LogP contribution >= 0.6 is 31.9 Å². The molecule has 1 unspecified atom stereocenters. The average Bonchev–Trinajstić information content (AvgIpc) is 2.79. The van der Waals surface area contributed by atoms with Gasteiger partial charge >= 0.3 is 0 Å². The second kappa shape index (κ2) is 7.05.